The lowest BCUT2D eigenvalue weighted by Gasteiger charge is -2.30. The van der Waals surface area contributed by atoms with Crippen LogP contribution in [-0.2, 0) is 9.59 Å². The maximum atomic E-state index is 11.7. The molecule has 0 saturated carbocycles. The van der Waals surface area contributed by atoms with Crippen LogP contribution in [0.25, 0.3) is 0 Å². The van der Waals surface area contributed by atoms with Gasteiger partial charge in [0.1, 0.15) is 5.25 Å². The highest BCUT2D eigenvalue weighted by atomic mass is 32.2. The van der Waals surface area contributed by atoms with E-state index in [1.54, 1.807) is 24.3 Å². The molecule has 0 aromatic carbocycles. The van der Waals surface area contributed by atoms with E-state index in [2.05, 4.69) is 5.32 Å². The smallest absolute Gasteiger partial charge is 0.174 e. The van der Waals surface area contributed by atoms with Gasteiger partial charge in [-0.1, -0.05) is 6.08 Å². The Morgan fingerprint density at radius 1 is 1.25 bits per heavy atom. The Morgan fingerprint density at radius 3 is 3.00 bits per heavy atom. The third kappa shape index (κ3) is 1.46. The molecule has 0 spiro atoms. The topological polar surface area (TPSA) is 46.2 Å². The van der Waals surface area contributed by atoms with Gasteiger partial charge in [-0.2, -0.15) is 0 Å². The first-order chi connectivity index (χ1) is 7.74. The lowest BCUT2D eigenvalue weighted by Crippen LogP contribution is -2.34. The molecule has 16 heavy (non-hydrogen) atoms. The molecule has 4 heteroatoms. The van der Waals surface area contributed by atoms with Crippen LogP contribution in [0.1, 0.15) is 6.42 Å². The summed E-state index contributed by atoms with van der Waals surface area (Å²) < 4.78 is 0. The van der Waals surface area contributed by atoms with E-state index in [4.69, 9.17) is 0 Å². The number of carbonyl (C=O) groups is 2. The van der Waals surface area contributed by atoms with Crippen molar-refractivity contribution in [2.45, 2.75) is 11.7 Å². The molecule has 1 atom stereocenters. The minimum absolute atomic E-state index is 0.101. The van der Waals surface area contributed by atoms with Crippen LogP contribution >= 0.6 is 11.8 Å². The average molecular weight is 231 g/mol. The second kappa shape index (κ2) is 3.49. The van der Waals surface area contributed by atoms with Crippen LogP contribution in [0.5, 0.6) is 0 Å². The molecule has 3 nitrogen and oxygen atoms in total. The molecule has 0 aromatic heterocycles. The molecule has 1 aliphatic heterocycles. The van der Waals surface area contributed by atoms with Gasteiger partial charge in [0.25, 0.3) is 0 Å². The van der Waals surface area contributed by atoms with Gasteiger partial charge in [0, 0.05) is 16.3 Å². The first kappa shape index (κ1) is 9.66. The van der Waals surface area contributed by atoms with Crippen molar-refractivity contribution in [1.29, 1.82) is 0 Å². The molecule has 0 bridgehead atoms. The van der Waals surface area contributed by atoms with E-state index in [1.165, 1.54) is 11.8 Å². The third-order valence-corrected chi connectivity index (χ3v) is 4.04. The number of fused-ring (bicyclic) bond motifs is 1. The fourth-order valence-corrected chi connectivity index (χ4v) is 3.04. The minimum Gasteiger partial charge on any atom is -0.360 e. The van der Waals surface area contributed by atoms with Gasteiger partial charge in [0.2, 0.25) is 0 Å². The highest BCUT2D eigenvalue weighted by molar-refractivity contribution is 8.04. The number of carbonyl (C=O) groups excluding carboxylic acids is 2. The van der Waals surface area contributed by atoms with Gasteiger partial charge in [-0.05, 0) is 24.3 Å². The standard InChI is InChI=1S/C12H9NO2S/c14-7-4-5-11-9(6-7)13-8-2-1-3-10(15)12(8)16-11/h1-5,12-13H,6H2. The van der Waals surface area contributed by atoms with Crippen LogP contribution in [-0.4, -0.2) is 16.8 Å². The molecule has 0 radical (unpaired) electrons. The van der Waals surface area contributed by atoms with E-state index in [-0.39, 0.29) is 16.8 Å². The van der Waals surface area contributed by atoms with Crippen molar-refractivity contribution in [2.24, 2.45) is 0 Å². The first-order valence-corrected chi connectivity index (χ1v) is 5.92. The lowest BCUT2D eigenvalue weighted by molar-refractivity contribution is -0.114. The number of hydrogen-bond acceptors (Lipinski definition) is 4. The Hall–Kier alpha value is -1.55. The van der Waals surface area contributed by atoms with Crippen molar-refractivity contribution in [3.05, 3.63) is 46.7 Å². The Bertz CT molecular complexity index is 511. The van der Waals surface area contributed by atoms with Gasteiger partial charge in [-0.15, -0.1) is 11.8 Å². The Labute approximate surface area is 97.0 Å². The summed E-state index contributed by atoms with van der Waals surface area (Å²) in [4.78, 5) is 23.9. The molecule has 0 amide bonds. The summed E-state index contributed by atoms with van der Waals surface area (Å²) in [6.45, 7) is 0. The lowest BCUT2D eigenvalue weighted by atomic mass is 10.1. The maximum Gasteiger partial charge on any atom is 0.174 e. The molecule has 0 fully saturated rings. The summed E-state index contributed by atoms with van der Waals surface area (Å²) in [6, 6.07) is 0. The summed E-state index contributed by atoms with van der Waals surface area (Å²) in [5.74, 6) is 0.204. The zero-order chi connectivity index (χ0) is 11.1. The Kier molecular flexibility index (Phi) is 2.11. The van der Waals surface area contributed by atoms with Crippen molar-refractivity contribution < 1.29 is 9.59 Å². The molecular weight excluding hydrogens is 222 g/mol. The fourth-order valence-electron chi connectivity index (χ4n) is 1.91. The van der Waals surface area contributed by atoms with Gasteiger partial charge in [-0.25, -0.2) is 0 Å². The largest absolute Gasteiger partial charge is 0.360 e. The second-order valence-electron chi connectivity index (χ2n) is 3.83. The van der Waals surface area contributed by atoms with E-state index < -0.39 is 0 Å². The van der Waals surface area contributed by atoms with Crippen LogP contribution < -0.4 is 5.32 Å². The third-order valence-electron chi connectivity index (χ3n) is 2.69. The van der Waals surface area contributed by atoms with Gasteiger partial charge in [-0.3, -0.25) is 9.59 Å². The van der Waals surface area contributed by atoms with E-state index >= 15 is 0 Å². The predicted octanol–water partition coefficient (Wildman–Crippen LogP) is 1.45. The summed E-state index contributed by atoms with van der Waals surface area (Å²) in [5, 5.41) is 3.03. The number of nitrogens with one attached hydrogen (secondary N) is 1. The van der Waals surface area contributed by atoms with Crippen molar-refractivity contribution >= 4 is 23.3 Å². The molecule has 3 rings (SSSR count). The highest BCUT2D eigenvalue weighted by Gasteiger charge is 2.31. The minimum atomic E-state index is -0.165. The first-order valence-electron chi connectivity index (χ1n) is 5.04. The van der Waals surface area contributed by atoms with E-state index in [0.29, 0.717) is 6.42 Å². The van der Waals surface area contributed by atoms with Crippen molar-refractivity contribution in [3.63, 3.8) is 0 Å². The Balaban J connectivity index is 1.98. The molecule has 0 aromatic rings. The average Bonchev–Trinajstić information content (AvgIpc) is 2.27. The Morgan fingerprint density at radius 2 is 2.12 bits per heavy atom. The molecule has 1 heterocycles. The molecule has 80 valence electrons. The van der Waals surface area contributed by atoms with Crippen LogP contribution in [0.15, 0.2) is 46.7 Å². The van der Waals surface area contributed by atoms with Crippen molar-refractivity contribution in [3.8, 4) is 0 Å². The molecule has 1 N–H and O–H groups in total. The normalized spacial score (nSPS) is 27.2. The molecule has 2 aliphatic carbocycles. The molecule has 1 unspecified atom stereocenters. The summed E-state index contributed by atoms with van der Waals surface area (Å²) >= 11 is 1.52. The number of thioether (sulfide) groups is 1. The van der Waals surface area contributed by atoms with Gasteiger partial charge in [0.15, 0.2) is 11.6 Å². The van der Waals surface area contributed by atoms with Gasteiger partial charge < -0.3 is 5.32 Å². The highest BCUT2D eigenvalue weighted by Crippen LogP contribution is 2.38. The van der Waals surface area contributed by atoms with Gasteiger partial charge in [0.05, 0.1) is 6.42 Å². The van der Waals surface area contributed by atoms with E-state index in [9.17, 15) is 9.59 Å². The maximum absolute atomic E-state index is 11.7. The number of hydrogen-bond donors (Lipinski definition) is 1. The monoisotopic (exact) mass is 231 g/mol. The second-order valence-corrected chi connectivity index (χ2v) is 4.97. The van der Waals surface area contributed by atoms with Crippen molar-refractivity contribution in [2.75, 3.05) is 0 Å². The van der Waals surface area contributed by atoms with E-state index in [0.717, 1.165) is 16.3 Å². The van der Waals surface area contributed by atoms with Crippen LogP contribution in [0.2, 0.25) is 0 Å². The summed E-state index contributed by atoms with van der Waals surface area (Å²) in [5.41, 5.74) is 1.81. The zero-order valence-corrected chi connectivity index (χ0v) is 9.21. The van der Waals surface area contributed by atoms with Crippen LogP contribution in [0, 0.1) is 0 Å². The molecular formula is C12H9NO2S. The van der Waals surface area contributed by atoms with Crippen LogP contribution in [0.4, 0.5) is 0 Å². The SMILES string of the molecule is O=C1C=CC2=C(C1)NC1=CC=CC(=O)C1S2. The van der Waals surface area contributed by atoms with Crippen LogP contribution in [0.3, 0.4) is 0 Å². The molecule has 3 aliphatic rings. The fraction of sp³-hybridized carbons (Fsp3) is 0.167. The van der Waals surface area contributed by atoms with E-state index in [1.807, 2.05) is 6.08 Å². The summed E-state index contributed by atoms with van der Waals surface area (Å²) in [6.07, 6.45) is 9.00. The van der Waals surface area contributed by atoms with Crippen molar-refractivity contribution in [1.82, 2.24) is 5.32 Å². The zero-order valence-electron chi connectivity index (χ0n) is 8.40. The number of ketones is 2. The predicted molar refractivity (Wildman–Crippen MR) is 62.5 cm³/mol. The number of rotatable bonds is 0. The molecule has 0 saturated heterocycles. The van der Waals surface area contributed by atoms with Gasteiger partial charge >= 0.3 is 0 Å². The number of allylic oxidation sites excluding steroid dienone is 6. The summed E-state index contributed by atoms with van der Waals surface area (Å²) in [7, 11) is 0. The quantitative estimate of drug-likeness (QED) is 0.685.